The number of ether oxygens (including phenoxy) is 1. The van der Waals surface area contributed by atoms with Crippen molar-refractivity contribution in [2.75, 3.05) is 19.1 Å². The first-order chi connectivity index (χ1) is 14.7. The number of rotatable bonds is 5. The largest absolute Gasteiger partial charge is 0.496 e. The van der Waals surface area contributed by atoms with E-state index in [0.29, 0.717) is 12.1 Å². The fraction of sp³-hybridized carbons (Fsp3) is 0.182. The van der Waals surface area contributed by atoms with Gasteiger partial charge in [0.25, 0.3) is 5.91 Å². The maximum atomic E-state index is 14.6. The summed E-state index contributed by atoms with van der Waals surface area (Å²) >= 11 is 0. The average molecular weight is 436 g/mol. The van der Waals surface area contributed by atoms with E-state index >= 15 is 0 Å². The van der Waals surface area contributed by atoms with Crippen LogP contribution < -0.4 is 9.64 Å². The van der Waals surface area contributed by atoms with E-state index in [9.17, 15) is 26.7 Å². The fourth-order valence-corrected chi connectivity index (χ4v) is 3.16. The van der Waals surface area contributed by atoms with Crippen molar-refractivity contribution in [3.8, 4) is 16.9 Å². The monoisotopic (exact) mass is 436 g/mol. The number of pyridine rings is 1. The number of carbonyl (C=O) groups is 1. The number of benzene rings is 2. The van der Waals surface area contributed by atoms with Gasteiger partial charge in [-0.2, -0.15) is 13.2 Å². The van der Waals surface area contributed by atoms with Gasteiger partial charge in [-0.25, -0.2) is 8.78 Å². The first-order valence-electron chi connectivity index (χ1n) is 8.99. The summed E-state index contributed by atoms with van der Waals surface area (Å²) < 4.78 is 72.4. The van der Waals surface area contributed by atoms with E-state index in [-0.39, 0.29) is 33.7 Å². The lowest BCUT2D eigenvalue weighted by molar-refractivity contribution is -0.137. The summed E-state index contributed by atoms with van der Waals surface area (Å²) in [6.07, 6.45) is -2.09. The number of amides is 1. The molecule has 1 amide bonds. The van der Waals surface area contributed by atoms with Crippen molar-refractivity contribution in [1.29, 1.82) is 0 Å². The van der Waals surface area contributed by atoms with Gasteiger partial charge in [0.2, 0.25) is 0 Å². The van der Waals surface area contributed by atoms with E-state index in [1.54, 1.807) is 0 Å². The number of nitrogens with zero attached hydrogens (tertiary/aromatic N) is 2. The first kappa shape index (κ1) is 22.2. The van der Waals surface area contributed by atoms with Crippen LogP contribution in [0.1, 0.15) is 21.5 Å². The van der Waals surface area contributed by atoms with E-state index in [1.165, 1.54) is 50.8 Å². The predicted octanol–water partition coefficient (Wildman–Crippen LogP) is 5.66. The summed E-state index contributed by atoms with van der Waals surface area (Å²) in [7, 11) is 2.67. The first-order valence-corrected chi connectivity index (χ1v) is 8.99. The third-order valence-corrected chi connectivity index (χ3v) is 4.65. The molecular formula is C22H17F5N2O2. The van der Waals surface area contributed by atoms with Crippen LogP contribution in [0.25, 0.3) is 11.1 Å². The summed E-state index contributed by atoms with van der Waals surface area (Å²) in [6.45, 7) is -1.17. The van der Waals surface area contributed by atoms with Crippen LogP contribution in [0.3, 0.4) is 0 Å². The molecule has 9 heteroatoms. The Morgan fingerprint density at radius 3 is 2.55 bits per heavy atom. The summed E-state index contributed by atoms with van der Waals surface area (Å²) in [5, 5.41) is 0. The Bertz CT molecular complexity index is 1120. The molecule has 0 saturated carbocycles. The highest BCUT2D eigenvalue weighted by molar-refractivity contribution is 6.08. The van der Waals surface area contributed by atoms with Gasteiger partial charge in [0.05, 0.1) is 30.1 Å². The Labute approximate surface area is 174 Å². The van der Waals surface area contributed by atoms with Crippen LogP contribution in [0.2, 0.25) is 0 Å². The molecule has 2 aromatic carbocycles. The van der Waals surface area contributed by atoms with E-state index in [4.69, 9.17) is 4.74 Å². The molecule has 0 radical (unpaired) electrons. The van der Waals surface area contributed by atoms with Crippen LogP contribution in [0.5, 0.6) is 5.75 Å². The zero-order valence-electron chi connectivity index (χ0n) is 16.5. The normalized spacial score (nSPS) is 11.3. The maximum absolute atomic E-state index is 14.6. The van der Waals surface area contributed by atoms with Crippen LogP contribution in [-0.4, -0.2) is 25.0 Å². The number of methoxy groups -OCH3 is 1. The molecule has 0 aliphatic carbocycles. The molecule has 0 aliphatic rings. The van der Waals surface area contributed by atoms with Crippen LogP contribution in [0.15, 0.2) is 54.9 Å². The molecule has 0 fully saturated rings. The number of anilines is 1. The van der Waals surface area contributed by atoms with Gasteiger partial charge >= 0.3 is 6.18 Å². The molecule has 0 N–H and O–H groups in total. The molecule has 1 aromatic heterocycles. The molecule has 0 unspecified atom stereocenters. The topological polar surface area (TPSA) is 42.4 Å². The minimum Gasteiger partial charge on any atom is -0.496 e. The summed E-state index contributed by atoms with van der Waals surface area (Å²) in [5.74, 6) is -1.26. The Balaban J connectivity index is 2.10. The van der Waals surface area contributed by atoms with E-state index in [0.717, 1.165) is 11.0 Å². The van der Waals surface area contributed by atoms with Crippen molar-refractivity contribution in [3.05, 3.63) is 77.4 Å². The zero-order chi connectivity index (χ0) is 22.8. The van der Waals surface area contributed by atoms with Crippen molar-refractivity contribution >= 4 is 11.6 Å². The minimum atomic E-state index is -4.75. The SMILES string of the molecule is COc1cccc(F)c1-c1ccncc1N(C)C(=O)c1cc(CF)cc(C(F)(F)F)c1. The number of halogens is 5. The van der Waals surface area contributed by atoms with Crippen LogP contribution in [-0.2, 0) is 12.9 Å². The van der Waals surface area contributed by atoms with Crippen molar-refractivity contribution in [2.45, 2.75) is 12.9 Å². The molecule has 1 heterocycles. The Hall–Kier alpha value is -3.49. The van der Waals surface area contributed by atoms with Crippen molar-refractivity contribution < 1.29 is 31.5 Å². The molecule has 3 rings (SSSR count). The second-order valence-corrected chi connectivity index (χ2v) is 6.62. The molecule has 3 aromatic rings. The second kappa shape index (κ2) is 8.71. The van der Waals surface area contributed by atoms with Crippen molar-refractivity contribution in [1.82, 2.24) is 4.98 Å². The number of alkyl halides is 4. The molecular weight excluding hydrogens is 419 g/mol. The third kappa shape index (κ3) is 4.50. The van der Waals surface area contributed by atoms with Crippen LogP contribution in [0.4, 0.5) is 27.6 Å². The highest BCUT2D eigenvalue weighted by Gasteiger charge is 2.32. The predicted molar refractivity (Wildman–Crippen MR) is 105 cm³/mol. The third-order valence-electron chi connectivity index (χ3n) is 4.65. The summed E-state index contributed by atoms with van der Waals surface area (Å²) in [5.41, 5.74) is -1.33. The van der Waals surface area contributed by atoms with Gasteiger partial charge in [-0.3, -0.25) is 9.78 Å². The number of hydrogen-bond donors (Lipinski definition) is 0. The lowest BCUT2D eigenvalue weighted by atomic mass is 10.0. The average Bonchev–Trinajstić information content (AvgIpc) is 2.76. The lowest BCUT2D eigenvalue weighted by Gasteiger charge is -2.22. The van der Waals surface area contributed by atoms with Gasteiger partial charge in [-0.05, 0) is 42.0 Å². The quantitative estimate of drug-likeness (QED) is 0.485. The highest BCUT2D eigenvalue weighted by Crippen LogP contribution is 2.38. The molecule has 0 aliphatic heterocycles. The number of hydrogen-bond acceptors (Lipinski definition) is 3. The molecule has 31 heavy (non-hydrogen) atoms. The standard InChI is InChI=1S/C22H17F5N2O2/c1-29(21(30)14-8-13(11-23)9-15(10-14)22(25,26)27)18-12-28-7-6-16(18)20-17(24)4-3-5-19(20)31-2/h3-10,12H,11H2,1-2H3. The lowest BCUT2D eigenvalue weighted by Crippen LogP contribution is -2.27. The van der Waals surface area contributed by atoms with E-state index < -0.39 is 30.1 Å². The summed E-state index contributed by atoms with van der Waals surface area (Å²) in [4.78, 5) is 18.0. The molecule has 0 atom stereocenters. The van der Waals surface area contributed by atoms with Gasteiger partial charge in [0.15, 0.2) is 0 Å². The van der Waals surface area contributed by atoms with Gasteiger partial charge < -0.3 is 9.64 Å². The second-order valence-electron chi connectivity index (χ2n) is 6.62. The van der Waals surface area contributed by atoms with Crippen LogP contribution in [0, 0.1) is 5.82 Å². The number of carbonyl (C=O) groups excluding carboxylic acids is 1. The van der Waals surface area contributed by atoms with Gasteiger partial charge in [0.1, 0.15) is 18.2 Å². The smallest absolute Gasteiger partial charge is 0.416 e. The van der Waals surface area contributed by atoms with E-state index in [2.05, 4.69) is 4.98 Å². The maximum Gasteiger partial charge on any atom is 0.416 e. The number of aromatic nitrogens is 1. The van der Waals surface area contributed by atoms with Crippen LogP contribution >= 0.6 is 0 Å². The minimum absolute atomic E-state index is 0.0653. The van der Waals surface area contributed by atoms with Crippen molar-refractivity contribution in [2.24, 2.45) is 0 Å². The zero-order valence-corrected chi connectivity index (χ0v) is 16.5. The van der Waals surface area contributed by atoms with E-state index in [1.807, 2.05) is 0 Å². The Kier molecular flexibility index (Phi) is 6.24. The van der Waals surface area contributed by atoms with Gasteiger partial charge in [0, 0.05) is 24.4 Å². The highest BCUT2D eigenvalue weighted by atomic mass is 19.4. The Morgan fingerprint density at radius 1 is 1.16 bits per heavy atom. The molecule has 162 valence electrons. The van der Waals surface area contributed by atoms with Crippen molar-refractivity contribution in [3.63, 3.8) is 0 Å². The Morgan fingerprint density at radius 2 is 1.90 bits per heavy atom. The molecule has 4 nitrogen and oxygen atoms in total. The van der Waals surface area contributed by atoms with Gasteiger partial charge in [-0.1, -0.05) is 6.07 Å². The molecule has 0 saturated heterocycles. The van der Waals surface area contributed by atoms with Gasteiger partial charge in [-0.15, -0.1) is 0 Å². The molecule has 0 bridgehead atoms. The molecule has 0 spiro atoms. The summed E-state index contributed by atoms with van der Waals surface area (Å²) in [6, 6.07) is 8.00. The fourth-order valence-electron chi connectivity index (χ4n) is 3.16.